The highest BCUT2D eigenvalue weighted by Crippen LogP contribution is 2.38. The van der Waals surface area contributed by atoms with E-state index in [2.05, 4.69) is 37.3 Å². The van der Waals surface area contributed by atoms with Crippen LogP contribution in [0, 0.1) is 11.3 Å². The maximum absolute atomic E-state index is 13.4. The minimum Gasteiger partial charge on any atom is -0.316 e. The zero-order valence-electron chi connectivity index (χ0n) is 17.0. The van der Waals surface area contributed by atoms with Gasteiger partial charge in [0.2, 0.25) is 5.91 Å². The van der Waals surface area contributed by atoms with Crippen LogP contribution in [0.1, 0.15) is 34.5 Å². The Morgan fingerprint density at radius 3 is 2.64 bits per heavy atom. The van der Waals surface area contributed by atoms with Crippen molar-refractivity contribution in [3.8, 4) is 17.3 Å². The summed E-state index contributed by atoms with van der Waals surface area (Å²) in [5, 5.41) is 12.6. The number of anilines is 1. The number of nitrogens with one attached hydrogen (secondary N) is 1. The van der Waals surface area contributed by atoms with Crippen molar-refractivity contribution in [2.24, 2.45) is 0 Å². The van der Waals surface area contributed by atoms with Gasteiger partial charge in [0.15, 0.2) is 5.16 Å². The standard InChI is InChI=1S/C22H16BrF3N4OS2/c23-13-7-5-12(6-8-13)16-9-18(22(24,25)26)29-21(28-16)32-11-19(31)30-20-15(10-27)14-3-1-2-4-17(14)33-20/h5-9H,1-4,11H2,(H,30,31). The number of nitrogens with zero attached hydrogens (tertiary/aromatic N) is 3. The maximum atomic E-state index is 13.4. The fourth-order valence-corrected chi connectivity index (χ4v) is 5.65. The molecule has 1 N–H and O–H groups in total. The highest BCUT2D eigenvalue weighted by atomic mass is 79.9. The summed E-state index contributed by atoms with van der Waals surface area (Å²) in [7, 11) is 0. The lowest BCUT2D eigenvalue weighted by Crippen LogP contribution is -2.15. The van der Waals surface area contributed by atoms with Gasteiger partial charge in [0.05, 0.1) is 17.0 Å². The van der Waals surface area contributed by atoms with Gasteiger partial charge in [-0.2, -0.15) is 18.4 Å². The first-order valence-electron chi connectivity index (χ1n) is 9.94. The summed E-state index contributed by atoms with van der Waals surface area (Å²) < 4.78 is 41.0. The van der Waals surface area contributed by atoms with Crippen LogP contribution in [-0.2, 0) is 23.8 Å². The minimum atomic E-state index is -4.65. The zero-order chi connectivity index (χ0) is 23.6. The van der Waals surface area contributed by atoms with E-state index in [-0.39, 0.29) is 16.6 Å². The monoisotopic (exact) mass is 552 g/mol. The van der Waals surface area contributed by atoms with Crippen molar-refractivity contribution in [2.75, 3.05) is 11.1 Å². The number of hydrogen-bond donors (Lipinski definition) is 1. The predicted molar refractivity (Wildman–Crippen MR) is 125 cm³/mol. The maximum Gasteiger partial charge on any atom is 0.433 e. The van der Waals surface area contributed by atoms with Gasteiger partial charge in [-0.05, 0) is 49.4 Å². The molecule has 0 radical (unpaired) electrons. The van der Waals surface area contributed by atoms with Crippen molar-refractivity contribution in [1.82, 2.24) is 9.97 Å². The number of benzene rings is 1. The van der Waals surface area contributed by atoms with E-state index in [9.17, 15) is 23.2 Å². The fourth-order valence-electron chi connectivity index (χ4n) is 3.47. The van der Waals surface area contributed by atoms with Crippen molar-refractivity contribution in [3.63, 3.8) is 0 Å². The van der Waals surface area contributed by atoms with E-state index in [0.29, 0.717) is 16.1 Å². The highest BCUT2D eigenvalue weighted by molar-refractivity contribution is 9.10. The van der Waals surface area contributed by atoms with Gasteiger partial charge in [-0.25, -0.2) is 9.97 Å². The van der Waals surface area contributed by atoms with Crippen molar-refractivity contribution < 1.29 is 18.0 Å². The summed E-state index contributed by atoms with van der Waals surface area (Å²) in [6, 6.07) is 9.77. The first-order chi connectivity index (χ1) is 15.7. The normalized spacial score (nSPS) is 13.3. The SMILES string of the molecule is N#Cc1c(NC(=O)CSc2nc(-c3ccc(Br)cc3)cc(C(F)(F)F)n2)sc2c1CCCC2. The van der Waals surface area contributed by atoms with Crippen LogP contribution < -0.4 is 5.32 Å². The Kier molecular flexibility index (Phi) is 7.07. The molecule has 0 saturated heterocycles. The van der Waals surface area contributed by atoms with E-state index in [4.69, 9.17) is 0 Å². The van der Waals surface area contributed by atoms with Crippen LogP contribution in [-0.4, -0.2) is 21.6 Å². The summed E-state index contributed by atoms with van der Waals surface area (Å²) in [6.45, 7) is 0. The molecule has 3 aromatic rings. The molecule has 1 aromatic carbocycles. The number of nitriles is 1. The van der Waals surface area contributed by atoms with E-state index >= 15 is 0 Å². The van der Waals surface area contributed by atoms with Crippen molar-refractivity contribution in [3.05, 3.63) is 56.5 Å². The molecule has 2 aromatic heterocycles. The van der Waals surface area contributed by atoms with Gasteiger partial charge in [-0.15, -0.1) is 11.3 Å². The second kappa shape index (κ2) is 9.83. The number of thioether (sulfide) groups is 1. The van der Waals surface area contributed by atoms with Gasteiger partial charge in [0, 0.05) is 14.9 Å². The molecule has 4 rings (SSSR count). The minimum absolute atomic E-state index is 0.116. The van der Waals surface area contributed by atoms with Gasteiger partial charge < -0.3 is 5.32 Å². The van der Waals surface area contributed by atoms with Crippen LogP contribution in [0.15, 0.2) is 40.0 Å². The van der Waals surface area contributed by atoms with Crippen molar-refractivity contribution in [2.45, 2.75) is 37.0 Å². The fraction of sp³-hybridized carbons (Fsp3) is 0.273. The molecule has 1 aliphatic rings. The summed E-state index contributed by atoms with van der Waals surface area (Å²) >= 11 is 5.51. The number of carbonyl (C=O) groups is 1. The lowest BCUT2D eigenvalue weighted by Gasteiger charge is -2.11. The van der Waals surface area contributed by atoms with E-state index < -0.39 is 17.8 Å². The molecule has 33 heavy (non-hydrogen) atoms. The van der Waals surface area contributed by atoms with Crippen LogP contribution >= 0.6 is 39.0 Å². The van der Waals surface area contributed by atoms with Crippen LogP contribution in [0.25, 0.3) is 11.3 Å². The third-order valence-corrected chi connectivity index (χ3v) is 7.59. The van der Waals surface area contributed by atoms with E-state index in [0.717, 1.165) is 58.4 Å². The molecule has 0 atom stereocenters. The average Bonchev–Trinajstić information content (AvgIpc) is 3.14. The van der Waals surface area contributed by atoms with Crippen LogP contribution in [0.3, 0.4) is 0 Å². The molecular weight excluding hydrogens is 537 g/mol. The first-order valence-corrected chi connectivity index (χ1v) is 12.5. The number of hydrogen-bond acceptors (Lipinski definition) is 6. The van der Waals surface area contributed by atoms with Gasteiger partial charge >= 0.3 is 6.18 Å². The molecule has 0 bridgehead atoms. The number of carbonyl (C=O) groups excluding carboxylic acids is 1. The number of halogens is 4. The quantitative estimate of drug-likeness (QED) is 0.290. The second-order valence-electron chi connectivity index (χ2n) is 7.29. The van der Waals surface area contributed by atoms with E-state index in [1.54, 1.807) is 24.3 Å². The Labute approximate surface area is 204 Å². The molecule has 1 aliphatic carbocycles. The van der Waals surface area contributed by atoms with E-state index in [1.807, 2.05) is 0 Å². The Hall–Kier alpha value is -2.42. The largest absolute Gasteiger partial charge is 0.433 e. The molecule has 0 spiro atoms. The summed E-state index contributed by atoms with van der Waals surface area (Å²) in [6.07, 6.45) is -0.890. The van der Waals surface area contributed by atoms with Crippen molar-refractivity contribution in [1.29, 1.82) is 5.26 Å². The highest BCUT2D eigenvalue weighted by Gasteiger charge is 2.34. The first kappa shape index (κ1) is 23.7. The lowest BCUT2D eigenvalue weighted by atomic mass is 9.96. The van der Waals surface area contributed by atoms with Gasteiger partial charge in [-0.3, -0.25) is 4.79 Å². The molecule has 0 saturated carbocycles. The molecule has 0 unspecified atom stereocenters. The molecule has 2 heterocycles. The topological polar surface area (TPSA) is 78.7 Å². The van der Waals surface area contributed by atoms with Gasteiger partial charge in [0.25, 0.3) is 0 Å². The molecule has 0 fully saturated rings. The van der Waals surface area contributed by atoms with E-state index in [1.165, 1.54) is 11.3 Å². The zero-order valence-corrected chi connectivity index (χ0v) is 20.2. The number of aromatic nitrogens is 2. The summed E-state index contributed by atoms with van der Waals surface area (Å²) in [4.78, 5) is 21.5. The Morgan fingerprint density at radius 1 is 1.21 bits per heavy atom. The number of rotatable bonds is 5. The van der Waals surface area contributed by atoms with Gasteiger partial charge in [-0.1, -0.05) is 39.8 Å². The number of alkyl halides is 3. The Morgan fingerprint density at radius 2 is 1.94 bits per heavy atom. The molecule has 170 valence electrons. The molecular formula is C22H16BrF3N4OS2. The third kappa shape index (κ3) is 5.57. The third-order valence-electron chi connectivity index (χ3n) is 5.00. The summed E-state index contributed by atoms with van der Waals surface area (Å²) in [5.74, 6) is -0.615. The van der Waals surface area contributed by atoms with Crippen molar-refractivity contribution >= 4 is 49.9 Å². The Bertz CT molecular complexity index is 1240. The number of amides is 1. The predicted octanol–water partition coefficient (Wildman–Crippen LogP) is 6.47. The summed E-state index contributed by atoms with van der Waals surface area (Å²) in [5.41, 5.74) is 1.03. The number of thiophene rings is 1. The molecule has 11 heteroatoms. The molecule has 1 amide bonds. The average molecular weight is 553 g/mol. The lowest BCUT2D eigenvalue weighted by molar-refractivity contribution is -0.141. The van der Waals surface area contributed by atoms with Gasteiger partial charge in [0.1, 0.15) is 16.8 Å². The Balaban J connectivity index is 1.52. The molecule has 5 nitrogen and oxygen atoms in total. The second-order valence-corrected chi connectivity index (χ2v) is 10.3. The molecule has 0 aliphatic heterocycles. The number of fused-ring (bicyclic) bond motifs is 1. The number of aryl methyl sites for hydroxylation is 1. The smallest absolute Gasteiger partial charge is 0.316 e. The van der Waals surface area contributed by atoms with Crippen LogP contribution in [0.2, 0.25) is 0 Å². The van der Waals surface area contributed by atoms with Crippen LogP contribution in [0.4, 0.5) is 18.2 Å². The van der Waals surface area contributed by atoms with Crippen LogP contribution in [0.5, 0.6) is 0 Å².